The second-order valence-corrected chi connectivity index (χ2v) is 7.37. The van der Waals surface area contributed by atoms with Gasteiger partial charge in [0.15, 0.2) is 5.82 Å². The van der Waals surface area contributed by atoms with Gasteiger partial charge in [0, 0.05) is 0 Å². The molecule has 4 rings (SSSR count). The van der Waals surface area contributed by atoms with Gasteiger partial charge in [-0.05, 0) is 48.2 Å². The van der Waals surface area contributed by atoms with Crippen LogP contribution in [0.2, 0.25) is 0 Å². The SMILES string of the molecule is CCCOc1ccccc1NC(=O)c1nc(-c2cccs2)n(-c2cccc(F)c2)n1. The number of rotatable bonds is 7. The number of hydrogen-bond acceptors (Lipinski definition) is 5. The first-order valence-electron chi connectivity index (χ1n) is 9.45. The van der Waals surface area contributed by atoms with Crippen molar-refractivity contribution in [2.45, 2.75) is 13.3 Å². The van der Waals surface area contributed by atoms with E-state index in [-0.39, 0.29) is 5.82 Å². The maximum Gasteiger partial charge on any atom is 0.295 e. The molecule has 152 valence electrons. The summed E-state index contributed by atoms with van der Waals surface area (Å²) in [6.45, 7) is 2.55. The summed E-state index contributed by atoms with van der Waals surface area (Å²) in [5, 5.41) is 9.07. The molecule has 0 saturated carbocycles. The zero-order valence-electron chi connectivity index (χ0n) is 16.2. The van der Waals surface area contributed by atoms with Crippen molar-refractivity contribution in [2.24, 2.45) is 0 Å². The lowest BCUT2D eigenvalue weighted by atomic mass is 10.3. The maximum absolute atomic E-state index is 13.8. The monoisotopic (exact) mass is 422 g/mol. The number of para-hydroxylation sites is 2. The van der Waals surface area contributed by atoms with E-state index in [1.165, 1.54) is 28.2 Å². The van der Waals surface area contributed by atoms with Crippen molar-refractivity contribution in [1.82, 2.24) is 14.8 Å². The summed E-state index contributed by atoms with van der Waals surface area (Å²) in [5.41, 5.74) is 1.02. The van der Waals surface area contributed by atoms with Crippen LogP contribution >= 0.6 is 11.3 Å². The minimum Gasteiger partial charge on any atom is -0.491 e. The molecule has 0 atom stereocenters. The van der Waals surface area contributed by atoms with Crippen LogP contribution in [0.15, 0.2) is 66.0 Å². The number of carbonyl (C=O) groups excluding carboxylic acids is 1. The van der Waals surface area contributed by atoms with Gasteiger partial charge in [-0.1, -0.05) is 31.2 Å². The van der Waals surface area contributed by atoms with Crippen LogP contribution in [0.1, 0.15) is 24.0 Å². The van der Waals surface area contributed by atoms with Gasteiger partial charge in [0.2, 0.25) is 5.82 Å². The number of benzene rings is 2. The van der Waals surface area contributed by atoms with Crippen molar-refractivity contribution in [3.05, 3.63) is 77.7 Å². The topological polar surface area (TPSA) is 69.0 Å². The van der Waals surface area contributed by atoms with Crippen LogP contribution in [0.25, 0.3) is 16.4 Å². The van der Waals surface area contributed by atoms with Crippen LogP contribution in [0.5, 0.6) is 5.75 Å². The molecule has 8 heteroatoms. The molecule has 0 spiro atoms. The normalized spacial score (nSPS) is 10.7. The van der Waals surface area contributed by atoms with E-state index in [0.717, 1.165) is 11.3 Å². The molecule has 0 unspecified atom stereocenters. The van der Waals surface area contributed by atoms with Gasteiger partial charge in [0.25, 0.3) is 5.91 Å². The highest BCUT2D eigenvalue weighted by Gasteiger charge is 2.20. The van der Waals surface area contributed by atoms with Gasteiger partial charge in [-0.2, -0.15) is 0 Å². The molecule has 0 radical (unpaired) electrons. The van der Waals surface area contributed by atoms with Crippen molar-refractivity contribution in [1.29, 1.82) is 0 Å². The Labute approximate surface area is 177 Å². The molecule has 1 amide bonds. The number of aromatic nitrogens is 3. The molecule has 0 fully saturated rings. The maximum atomic E-state index is 13.8. The molecule has 2 aromatic carbocycles. The van der Waals surface area contributed by atoms with Gasteiger partial charge in [-0.15, -0.1) is 16.4 Å². The number of ether oxygens (including phenoxy) is 1. The summed E-state index contributed by atoms with van der Waals surface area (Å²) >= 11 is 1.46. The number of thiophene rings is 1. The molecule has 6 nitrogen and oxygen atoms in total. The third kappa shape index (κ3) is 4.23. The third-order valence-corrected chi connectivity index (χ3v) is 5.07. The number of amides is 1. The van der Waals surface area contributed by atoms with Crippen molar-refractivity contribution < 1.29 is 13.9 Å². The average molecular weight is 422 g/mol. The fraction of sp³-hybridized carbons (Fsp3) is 0.136. The summed E-state index contributed by atoms with van der Waals surface area (Å²) in [6.07, 6.45) is 0.853. The lowest BCUT2D eigenvalue weighted by molar-refractivity contribution is 0.101. The smallest absolute Gasteiger partial charge is 0.295 e. The van der Waals surface area contributed by atoms with E-state index in [9.17, 15) is 9.18 Å². The van der Waals surface area contributed by atoms with Crippen LogP contribution in [-0.4, -0.2) is 27.3 Å². The van der Waals surface area contributed by atoms with Crippen LogP contribution in [0.3, 0.4) is 0 Å². The second-order valence-electron chi connectivity index (χ2n) is 6.43. The van der Waals surface area contributed by atoms with E-state index in [0.29, 0.717) is 29.6 Å². The highest BCUT2D eigenvalue weighted by molar-refractivity contribution is 7.13. The third-order valence-electron chi connectivity index (χ3n) is 4.20. The molecule has 1 N–H and O–H groups in total. The fourth-order valence-corrected chi connectivity index (χ4v) is 3.55. The molecular formula is C22H19FN4O2S. The summed E-state index contributed by atoms with van der Waals surface area (Å²) in [4.78, 5) is 18.1. The molecule has 0 saturated heterocycles. The molecule has 0 aliphatic carbocycles. The van der Waals surface area contributed by atoms with Gasteiger partial charge < -0.3 is 10.1 Å². The van der Waals surface area contributed by atoms with Crippen molar-refractivity contribution in [2.75, 3.05) is 11.9 Å². The zero-order valence-corrected chi connectivity index (χ0v) is 17.0. The van der Waals surface area contributed by atoms with E-state index in [2.05, 4.69) is 15.4 Å². The molecule has 30 heavy (non-hydrogen) atoms. The minimum atomic E-state index is -0.476. The van der Waals surface area contributed by atoms with E-state index in [4.69, 9.17) is 4.74 Å². The predicted octanol–water partition coefficient (Wildman–Crippen LogP) is 5.18. The first-order chi connectivity index (χ1) is 14.7. The second kappa shape index (κ2) is 8.87. The Bertz CT molecular complexity index is 1160. The Morgan fingerprint density at radius 3 is 2.80 bits per heavy atom. The van der Waals surface area contributed by atoms with Crippen LogP contribution in [0.4, 0.5) is 10.1 Å². The van der Waals surface area contributed by atoms with Gasteiger partial charge in [0.05, 0.1) is 22.9 Å². The van der Waals surface area contributed by atoms with Crippen LogP contribution in [0, 0.1) is 5.82 Å². The molecular weight excluding hydrogens is 403 g/mol. The Kier molecular flexibility index (Phi) is 5.85. The number of nitrogens with one attached hydrogen (secondary N) is 1. The first-order valence-corrected chi connectivity index (χ1v) is 10.3. The molecule has 2 aromatic heterocycles. The van der Waals surface area contributed by atoms with E-state index in [1.54, 1.807) is 24.3 Å². The number of hydrogen-bond donors (Lipinski definition) is 1. The quantitative estimate of drug-likeness (QED) is 0.446. The van der Waals surface area contributed by atoms with Gasteiger partial charge in [-0.3, -0.25) is 4.79 Å². The average Bonchev–Trinajstić information content (AvgIpc) is 3.43. The molecule has 2 heterocycles. The Balaban J connectivity index is 1.68. The molecule has 4 aromatic rings. The van der Waals surface area contributed by atoms with Gasteiger partial charge in [-0.25, -0.2) is 14.1 Å². The van der Waals surface area contributed by atoms with Crippen LogP contribution in [-0.2, 0) is 0 Å². The van der Waals surface area contributed by atoms with Crippen molar-refractivity contribution in [3.63, 3.8) is 0 Å². The Morgan fingerprint density at radius 1 is 1.17 bits per heavy atom. The number of nitrogens with zero attached hydrogens (tertiary/aromatic N) is 3. The zero-order chi connectivity index (χ0) is 20.9. The fourth-order valence-electron chi connectivity index (χ4n) is 2.85. The summed E-state index contributed by atoms with van der Waals surface area (Å²) in [5.74, 6) is 0.156. The number of halogens is 1. The van der Waals surface area contributed by atoms with Gasteiger partial charge >= 0.3 is 0 Å². The highest BCUT2D eigenvalue weighted by atomic mass is 32.1. The first kappa shape index (κ1) is 19.8. The summed E-state index contributed by atoms with van der Waals surface area (Å²) < 4.78 is 20.9. The standard InChI is InChI=1S/C22H19FN4O2S/c1-2-12-29-18-10-4-3-9-17(18)24-22(28)20-25-21(19-11-6-13-30-19)27(26-20)16-8-5-7-15(23)14-16/h3-11,13-14H,2,12H2,1H3,(H,24,28). The largest absolute Gasteiger partial charge is 0.491 e. The van der Waals surface area contributed by atoms with E-state index in [1.807, 2.05) is 36.6 Å². The molecule has 0 aliphatic heterocycles. The summed E-state index contributed by atoms with van der Waals surface area (Å²) in [7, 11) is 0. The van der Waals surface area contributed by atoms with Gasteiger partial charge in [0.1, 0.15) is 11.6 Å². The lowest BCUT2D eigenvalue weighted by Crippen LogP contribution is -2.15. The van der Waals surface area contributed by atoms with Crippen LogP contribution < -0.4 is 10.1 Å². The molecule has 0 aliphatic rings. The minimum absolute atomic E-state index is 0.0204. The van der Waals surface area contributed by atoms with Crippen molar-refractivity contribution in [3.8, 4) is 22.1 Å². The predicted molar refractivity (Wildman–Crippen MR) is 115 cm³/mol. The number of carbonyl (C=O) groups is 1. The Hall–Kier alpha value is -3.52. The highest BCUT2D eigenvalue weighted by Crippen LogP contribution is 2.27. The lowest BCUT2D eigenvalue weighted by Gasteiger charge is -2.10. The summed E-state index contributed by atoms with van der Waals surface area (Å²) in [6, 6.07) is 17.0. The van der Waals surface area contributed by atoms with E-state index < -0.39 is 11.7 Å². The van der Waals surface area contributed by atoms with E-state index >= 15 is 0 Å². The van der Waals surface area contributed by atoms with Crippen molar-refractivity contribution >= 4 is 22.9 Å². The Morgan fingerprint density at radius 2 is 2.03 bits per heavy atom. The molecule has 0 bridgehead atoms. The number of anilines is 1.